The highest BCUT2D eigenvalue weighted by Gasteiger charge is 2.28. The lowest BCUT2D eigenvalue weighted by atomic mass is 10.1. The summed E-state index contributed by atoms with van der Waals surface area (Å²) in [5.74, 6) is -0.0816. The van der Waals surface area contributed by atoms with Crippen molar-refractivity contribution in [3.63, 3.8) is 0 Å². The van der Waals surface area contributed by atoms with Gasteiger partial charge in [-0.25, -0.2) is 4.79 Å². The molecule has 1 saturated heterocycles. The zero-order valence-electron chi connectivity index (χ0n) is 15.3. The smallest absolute Gasteiger partial charge is 0.319 e. The molecule has 1 aliphatic rings. The number of hydrogen-bond acceptors (Lipinski definition) is 3. The highest BCUT2D eigenvalue weighted by atomic mass is 35.5. The van der Waals surface area contributed by atoms with E-state index in [1.165, 1.54) is 0 Å². The Morgan fingerprint density at radius 1 is 1.19 bits per heavy atom. The second-order valence-electron chi connectivity index (χ2n) is 6.63. The van der Waals surface area contributed by atoms with Crippen molar-refractivity contribution in [2.75, 3.05) is 29.9 Å². The van der Waals surface area contributed by atoms with Crippen molar-refractivity contribution in [2.24, 2.45) is 0 Å². The Bertz CT molecular complexity index is 819. The Hall–Kier alpha value is -2.57. The third-order valence-corrected chi connectivity index (χ3v) is 4.49. The average molecular weight is 388 g/mol. The monoisotopic (exact) mass is 387 g/mol. The van der Waals surface area contributed by atoms with Gasteiger partial charge in [0.1, 0.15) is 6.61 Å². The van der Waals surface area contributed by atoms with Crippen molar-refractivity contribution in [3.8, 4) is 0 Å². The van der Waals surface area contributed by atoms with Crippen molar-refractivity contribution in [3.05, 3.63) is 58.6 Å². The Kier molecular flexibility index (Phi) is 5.98. The summed E-state index contributed by atoms with van der Waals surface area (Å²) in [5, 5.41) is 6.11. The number of aryl methyl sites for hydroxylation is 2. The second kappa shape index (κ2) is 8.41. The number of nitrogens with zero attached hydrogens (tertiary/aromatic N) is 1. The Morgan fingerprint density at radius 2 is 1.85 bits per heavy atom. The molecule has 1 atom stereocenters. The van der Waals surface area contributed by atoms with E-state index >= 15 is 0 Å². The largest absolute Gasteiger partial charge is 0.365 e. The highest BCUT2D eigenvalue weighted by Crippen LogP contribution is 2.22. The fraction of sp³-hybridized carbons (Fsp3) is 0.300. The number of nitrogens with one attached hydrogen (secondary N) is 2. The fourth-order valence-electron chi connectivity index (χ4n) is 3.02. The van der Waals surface area contributed by atoms with Crippen molar-refractivity contribution >= 4 is 34.9 Å². The maximum Gasteiger partial charge on any atom is 0.319 e. The molecule has 0 aliphatic carbocycles. The van der Waals surface area contributed by atoms with Crippen LogP contribution in [0.2, 0.25) is 5.02 Å². The van der Waals surface area contributed by atoms with Crippen LogP contribution in [0.3, 0.4) is 0 Å². The molecule has 142 valence electrons. The van der Waals surface area contributed by atoms with Crippen LogP contribution < -0.4 is 15.5 Å². The average Bonchev–Trinajstić information content (AvgIpc) is 2.62. The van der Waals surface area contributed by atoms with Gasteiger partial charge >= 0.3 is 6.03 Å². The van der Waals surface area contributed by atoms with E-state index in [2.05, 4.69) is 16.7 Å². The van der Waals surface area contributed by atoms with E-state index in [0.717, 1.165) is 16.8 Å². The van der Waals surface area contributed by atoms with Crippen LogP contribution in [0.5, 0.6) is 0 Å². The van der Waals surface area contributed by atoms with Crippen molar-refractivity contribution in [2.45, 2.75) is 20.0 Å². The molecule has 1 fully saturated rings. The number of carbonyl (C=O) groups excluding carboxylic acids is 2. The minimum Gasteiger partial charge on any atom is -0.365 e. The molecule has 6 nitrogen and oxygen atoms in total. The SMILES string of the molecule is Cc1cc(C)cc(N2CC(CNC(=O)Nc3ccc(Cl)cc3)OCC2=O)c1. The molecule has 3 rings (SSSR count). The first-order chi connectivity index (χ1) is 12.9. The lowest BCUT2D eigenvalue weighted by molar-refractivity contribution is -0.129. The molecule has 0 bridgehead atoms. The van der Waals surface area contributed by atoms with Crippen LogP contribution in [0.4, 0.5) is 16.2 Å². The van der Waals surface area contributed by atoms with Crippen LogP contribution in [0.1, 0.15) is 11.1 Å². The molecule has 2 N–H and O–H groups in total. The van der Waals surface area contributed by atoms with E-state index in [1.807, 2.05) is 26.0 Å². The van der Waals surface area contributed by atoms with Crippen LogP contribution in [-0.4, -0.2) is 37.7 Å². The van der Waals surface area contributed by atoms with Gasteiger partial charge in [0.2, 0.25) is 0 Å². The van der Waals surface area contributed by atoms with Crippen LogP contribution in [0.15, 0.2) is 42.5 Å². The topological polar surface area (TPSA) is 70.7 Å². The molecule has 0 radical (unpaired) electrons. The molecule has 1 unspecified atom stereocenters. The third kappa shape index (κ3) is 5.21. The summed E-state index contributed by atoms with van der Waals surface area (Å²) < 4.78 is 5.57. The van der Waals surface area contributed by atoms with E-state index in [0.29, 0.717) is 23.8 Å². The predicted octanol–water partition coefficient (Wildman–Crippen LogP) is 3.51. The van der Waals surface area contributed by atoms with E-state index in [4.69, 9.17) is 16.3 Å². The number of rotatable bonds is 4. The highest BCUT2D eigenvalue weighted by molar-refractivity contribution is 6.30. The molecule has 0 saturated carbocycles. The van der Waals surface area contributed by atoms with E-state index in [9.17, 15) is 9.59 Å². The summed E-state index contributed by atoms with van der Waals surface area (Å²) in [6, 6.07) is 12.5. The van der Waals surface area contributed by atoms with Gasteiger partial charge in [-0.15, -0.1) is 0 Å². The quantitative estimate of drug-likeness (QED) is 0.843. The first-order valence-electron chi connectivity index (χ1n) is 8.71. The molecule has 1 heterocycles. The number of halogens is 1. The first-order valence-corrected chi connectivity index (χ1v) is 9.09. The zero-order valence-corrected chi connectivity index (χ0v) is 16.0. The minimum atomic E-state index is -0.337. The third-order valence-electron chi connectivity index (χ3n) is 4.24. The van der Waals surface area contributed by atoms with Gasteiger partial charge in [-0.1, -0.05) is 17.7 Å². The molecular formula is C20H22ClN3O3. The summed E-state index contributed by atoms with van der Waals surface area (Å²) >= 11 is 5.83. The zero-order chi connectivity index (χ0) is 19.4. The number of morpholine rings is 1. The normalized spacial score (nSPS) is 16.9. The summed E-state index contributed by atoms with van der Waals surface area (Å²) in [7, 11) is 0. The number of anilines is 2. The predicted molar refractivity (Wildman–Crippen MR) is 106 cm³/mol. The molecule has 0 aromatic heterocycles. The van der Waals surface area contributed by atoms with E-state index in [1.54, 1.807) is 29.2 Å². The summed E-state index contributed by atoms with van der Waals surface area (Å²) in [6.07, 6.45) is -0.278. The molecule has 2 aromatic carbocycles. The number of carbonyl (C=O) groups is 2. The van der Waals surface area contributed by atoms with Gasteiger partial charge in [-0.05, 0) is 61.4 Å². The van der Waals surface area contributed by atoms with Gasteiger partial charge in [0.25, 0.3) is 5.91 Å². The Balaban J connectivity index is 1.57. The molecule has 0 spiro atoms. The van der Waals surface area contributed by atoms with Crippen LogP contribution in [-0.2, 0) is 9.53 Å². The standard InChI is InChI=1S/C20H22ClN3O3/c1-13-7-14(2)9-17(8-13)24-11-18(27-12-19(24)25)10-22-20(26)23-16-5-3-15(21)4-6-16/h3-9,18H,10-12H2,1-2H3,(H2,22,23,26). The lowest BCUT2D eigenvalue weighted by Crippen LogP contribution is -2.51. The number of amides is 3. The molecule has 27 heavy (non-hydrogen) atoms. The van der Waals surface area contributed by atoms with Crippen molar-refractivity contribution in [1.82, 2.24) is 5.32 Å². The second-order valence-corrected chi connectivity index (χ2v) is 7.06. The molecule has 3 amide bonds. The van der Waals surface area contributed by atoms with Gasteiger partial charge in [-0.2, -0.15) is 0 Å². The molecule has 7 heteroatoms. The maximum absolute atomic E-state index is 12.3. The van der Waals surface area contributed by atoms with E-state index in [-0.39, 0.29) is 24.6 Å². The maximum atomic E-state index is 12.3. The Morgan fingerprint density at radius 3 is 2.52 bits per heavy atom. The lowest BCUT2D eigenvalue weighted by Gasteiger charge is -2.33. The Labute approximate surface area is 163 Å². The van der Waals surface area contributed by atoms with Crippen molar-refractivity contribution < 1.29 is 14.3 Å². The summed E-state index contributed by atoms with van der Waals surface area (Å²) in [4.78, 5) is 26.0. The van der Waals surface area contributed by atoms with Crippen LogP contribution in [0.25, 0.3) is 0 Å². The number of ether oxygens (including phenoxy) is 1. The number of hydrogen-bond donors (Lipinski definition) is 2. The fourth-order valence-corrected chi connectivity index (χ4v) is 3.15. The molecule has 1 aliphatic heterocycles. The number of benzene rings is 2. The number of urea groups is 1. The van der Waals surface area contributed by atoms with Gasteiger partial charge < -0.3 is 20.3 Å². The van der Waals surface area contributed by atoms with Crippen molar-refractivity contribution in [1.29, 1.82) is 0 Å². The minimum absolute atomic E-state index is 0.00185. The van der Waals surface area contributed by atoms with Gasteiger partial charge in [0.15, 0.2) is 0 Å². The molecule has 2 aromatic rings. The van der Waals surface area contributed by atoms with E-state index < -0.39 is 0 Å². The van der Waals surface area contributed by atoms with Gasteiger partial charge in [0.05, 0.1) is 12.6 Å². The van der Waals surface area contributed by atoms with Gasteiger partial charge in [-0.3, -0.25) is 4.79 Å². The molecular weight excluding hydrogens is 366 g/mol. The van der Waals surface area contributed by atoms with Crippen LogP contribution in [0, 0.1) is 13.8 Å². The van der Waals surface area contributed by atoms with Gasteiger partial charge in [0, 0.05) is 22.9 Å². The summed E-state index contributed by atoms with van der Waals surface area (Å²) in [5.41, 5.74) is 3.70. The van der Waals surface area contributed by atoms with Crippen LogP contribution >= 0.6 is 11.6 Å². The first kappa shape index (κ1) is 19.2. The summed E-state index contributed by atoms with van der Waals surface area (Å²) in [6.45, 7) is 4.69.